The van der Waals surface area contributed by atoms with Crippen LogP contribution in [0.4, 0.5) is 0 Å². The fourth-order valence-corrected chi connectivity index (χ4v) is 1.86. The first-order chi connectivity index (χ1) is 8.41. The van der Waals surface area contributed by atoms with Gasteiger partial charge in [0.1, 0.15) is 0 Å². The van der Waals surface area contributed by atoms with E-state index in [1.54, 1.807) is 4.90 Å². The molecule has 1 aromatic carbocycles. The van der Waals surface area contributed by atoms with Crippen LogP contribution >= 0.6 is 12.2 Å². The van der Waals surface area contributed by atoms with E-state index in [0.717, 1.165) is 5.56 Å². The fraction of sp³-hybridized carbons (Fsp3) is 0.429. The fourth-order valence-electron chi connectivity index (χ4n) is 1.77. The van der Waals surface area contributed by atoms with Crippen LogP contribution in [0.25, 0.3) is 0 Å². The Hall–Kier alpha value is -1.42. The van der Waals surface area contributed by atoms with E-state index in [2.05, 4.69) is 0 Å². The monoisotopic (exact) mass is 264 g/mol. The van der Waals surface area contributed by atoms with Crippen molar-refractivity contribution in [2.24, 2.45) is 5.73 Å². The Balaban J connectivity index is 2.85. The summed E-state index contributed by atoms with van der Waals surface area (Å²) < 4.78 is 0. The summed E-state index contributed by atoms with van der Waals surface area (Å²) in [6, 6.07) is 7.75. The van der Waals surface area contributed by atoms with Gasteiger partial charge in [0.15, 0.2) is 0 Å². The number of hydrogen-bond acceptors (Lipinski definition) is 2. The third-order valence-electron chi connectivity index (χ3n) is 2.75. The van der Waals surface area contributed by atoms with Crippen LogP contribution in [0.1, 0.15) is 36.2 Å². The molecule has 0 radical (unpaired) electrons. The van der Waals surface area contributed by atoms with Crippen molar-refractivity contribution in [3.05, 3.63) is 35.4 Å². The van der Waals surface area contributed by atoms with Crippen LogP contribution in [0.5, 0.6) is 0 Å². The Morgan fingerprint density at radius 3 is 2.61 bits per heavy atom. The minimum Gasteiger partial charge on any atom is -0.393 e. The number of thiocarbonyl (C=S) groups is 1. The van der Waals surface area contributed by atoms with Crippen molar-refractivity contribution in [2.75, 3.05) is 6.54 Å². The zero-order valence-electron chi connectivity index (χ0n) is 11.1. The van der Waals surface area contributed by atoms with Gasteiger partial charge in [-0.3, -0.25) is 4.79 Å². The van der Waals surface area contributed by atoms with Crippen molar-refractivity contribution >= 4 is 23.1 Å². The van der Waals surface area contributed by atoms with Crippen molar-refractivity contribution in [1.82, 2.24) is 4.90 Å². The normalized spacial score (nSPS) is 10.4. The van der Waals surface area contributed by atoms with Gasteiger partial charge in [-0.2, -0.15) is 0 Å². The maximum Gasteiger partial charge on any atom is 0.254 e. The Morgan fingerprint density at radius 2 is 2.11 bits per heavy atom. The Bertz CT molecular complexity index is 443. The third-order valence-corrected chi connectivity index (χ3v) is 2.95. The Kier molecular flexibility index (Phi) is 5.28. The summed E-state index contributed by atoms with van der Waals surface area (Å²) in [4.78, 5) is 14.6. The predicted molar refractivity (Wildman–Crippen MR) is 78.8 cm³/mol. The van der Waals surface area contributed by atoms with Crippen molar-refractivity contribution in [2.45, 2.75) is 33.2 Å². The van der Waals surface area contributed by atoms with E-state index in [4.69, 9.17) is 18.0 Å². The van der Waals surface area contributed by atoms with Crippen LogP contribution in [0.15, 0.2) is 24.3 Å². The van der Waals surface area contributed by atoms with Crippen LogP contribution in [0.3, 0.4) is 0 Å². The molecule has 0 aliphatic rings. The van der Waals surface area contributed by atoms with Crippen molar-refractivity contribution in [3.63, 3.8) is 0 Å². The lowest BCUT2D eigenvalue weighted by molar-refractivity contribution is 0.0711. The minimum atomic E-state index is 0.0324. The van der Waals surface area contributed by atoms with Crippen LogP contribution in [-0.2, 0) is 0 Å². The quantitative estimate of drug-likeness (QED) is 0.831. The summed E-state index contributed by atoms with van der Waals surface area (Å²) >= 11 is 4.86. The van der Waals surface area contributed by atoms with Gasteiger partial charge in [0, 0.05) is 24.6 Å². The summed E-state index contributed by atoms with van der Waals surface area (Å²) in [6.07, 6.45) is 0.561. The maximum absolute atomic E-state index is 12.4. The highest BCUT2D eigenvalue weighted by Crippen LogP contribution is 2.11. The largest absolute Gasteiger partial charge is 0.393 e. The van der Waals surface area contributed by atoms with E-state index in [0.29, 0.717) is 23.5 Å². The van der Waals surface area contributed by atoms with Gasteiger partial charge in [-0.1, -0.05) is 29.9 Å². The maximum atomic E-state index is 12.4. The molecule has 1 amide bonds. The lowest BCUT2D eigenvalue weighted by Crippen LogP contribution is -2.39. The summed E-state index contributed by atoms with van der Waals surface area (Å²) in [7, 11) is 0. The summed E-state index contributed by atoms with van der Waals surface area (Å²) in [6.45, 7) is 6.53. The average Bonchev–Trinajstić information content (AvgIpc) is 2.28. The van der Waals surface area contributed by atoms with Crippen molar-refractivity contribution in [1.29, 1.82) is 0 Å². The molecule has 0 heterocycles. The van der Waals surface area contributed by atoms with Crippen LogP contribution in [0, 0.1) is 6.92 Å². The van der Waals surface area contributed by atoms with E-state index in [1.807, 2.05) is 45.0 Å². The first-order valence-electron chi connectivity index (χ1n) is 6.07. The van der Waals surface area contributed by atoms with Crippen LogP contribution in [-0.4, -0.2) is 28.4 Å². The number of rotatable bonds is 5. The molecule has 0 aromatic heterocycles. The summed E-state index contributed by atoms with van der Waals surface area (Å²) in [5.74, 6) is 0.0324. The van der Waals surface area contributed by atoms with E-state index in [-0.39, 0.29) is 11.9 Å². The molecule has 0 bridgehead atoms. The highest BCUT2D eigenvalue weighted by Gasteiger charge is 2.18. The number of carbonyl (C=O) groups excluding carboxylic acids is 1. The number of carbonyl (C=O) groups is 1. The molecular formula is C14H20N2OS. The molecule has 0 saturated carbocycles. The highest BCUT2D eigenvalue weighted by molar-refractivity contribution is 7.80. The van der Waals surface area contributed by atoms with E-state index < -0.39 is 0 Å². The van der Waals surface area contributed by atoms with Crippen LogP contribution < -0.4 is 5.73 Å². The van der Waals surface area contributed by atoms with E-state index >= 15 is 0 Å². The van der Waals surface area contributed by atoms with Gasteiger partial charge in [-0.15, -0.1) is 0 Å². The first kappa shape index (κ1) is 14.6. The van der Waals surface area contributed by atoms with E-state index in [9.17, 15) is 4.79 Å². The number of aryl methyl sites for hydroxylation is 1. The SMILES string of the molecule is Cc1cccc(C(=O)N(CCC(N)=S)C(C)C)c1. The molecule has 0 aliphatic carbocycles. The zero-order valence-corrected chi connectivity index (χ0v) is 12.0. The number of benzene rings is 1. The van der Waals surface area contributed by atoms with Gasteiger partial charge in [-0.25, -0.2) is 0 Å². The highest BCUT2D eigenvalue weighted by atomic mass is 32.1. The lowest BCUT2D eigenvalue weighted by Gasteiger charge is -2.26. The molecule has 0 aliphatic heterocycles. The molecule has 0 unspecified atom stereocenters. The van der Waals surface area contributed by atoms with Crippen molar-refractivity contribution in [3.8, 4) is 0 Å². The number of nitrogens with zero attached hydrogens (tertiary/aromatic N) is 1. The molecule has 0 spiro atoms. The summed E-state index contributed by atoms with van der Waals surface area (Å²) in [5.41, 5.74) is 7.29. The molecule has 3 nitrogen and oxygen atoms in total. The number of amides is 1. The molecular weight excluding hydrogens is 244 g/mol. The lowest BCUT2D eigenvalue weighted by atomic mass is 10.1. The second-order valence-corrected chi connectivity index (χ2v) is 5.20. The zero-order chi connectivity index (χ0) is 13.7. The second kappa shape index (κ2) is 6.50. The summed E-state index contributed by atoms with van der Waals surface area (Å²) in [5, 5.41) is 0. The third kappa shape index (κ3) is 4.11. The van der Waals surface area contributed by atoms with Gasteiger partial charge in [0.05, 0.1) is 4.99 Å². The smallest absolute Gasteiger partial charge is 0.254 e. The number of nitrogens with two attached hydrogens (primary N) is 1. The van der Waals surface area contributed by atoms with Crippen molar-refractivity contribution < 1.29 is 4.79 Å². The molecule has 0 fully saturated rings. The van der Waals surface area contributed by atoms with Gasteiger partial charge in [0.2, 0.25) is 0 Å². The molecule has 0 atom stereocenters. The second-order valence-electron chi connectivity index (χ2n) is 4.68. The molecule has 98 valence electrons. The molecule has 18 heavy (non-hydrogen) atoms. The molecule has 4 heteroatoms. The molecule has 2 N–H and O–H groups in total. The topological polar surface area (TPSA) is 46.3 Å². The average molecular weight is 264 g/mol. The van der Waals surface area contributed by atoms with Gasteiger partial charge in [-0.05, 0) is 32.9 Å². The Morgan fingerprint density at radius 1 is 1.44 bits per heavy atom. The van der Waals surface area contributed by atoms with Gasteiger partial charge in [0.25, 0.3) is 5.91 Å². The molecule has 0 saturated heterocycles. The molecule has 1 aromatic rings. The number of hydrogen-bond donors (Lipinski definition) is 1. The van der Waals surface area contributed by atoms with E-state index in [1.165, 1.54) is 0 Å². The predicted octanol–water partition coefficient (Wildman–Crippen LogP) is 2.52. The standard InChI is InChI=1S/C14H20N2OS/c1-10(2)16(8-7-13(15)18)14(17)12-6-4-5-11(3)9-12/h4-6,9-10H,7-8H2,1-3H3,(H2,15,18). The van der Waals surface area contributed by atoms with Gasteiger partial charge >= 0.3 is 0 Å². The molecule has 1 rings (SSSR count). The first-order valence-corrected chi connectivity index (χ1v) is 6.48. The Labute approximate surface area is 114 Å². The van der Waals surface area contributed by atoms with Crippen LogP contribution in [0.2, 0.25) is 0 Å². The minimum absolute atomic E-state index is 0.0324. The van der Waals surface area contributed by atoms with Gasteiger partial charge < -0.3 is 10.6 Å².